The molecule has 0 radical (unpaired) electrons. The van der Waals surface area contributed by atoms with Crippen LogP contribution in [0.2, 0.25) is 0 Å². The lowest BCUT2D eigenvalue weighted by atomic mass is 10.1. The van der Waals surface area contributed by atoms with E-state index in [0.29, 0.717) is 6.04 Å². The number of rotatable bonds is 2. The average Bonchev–Trinajstić information content (AvgIpc) is 3.15. The number of anilines is 1. The molecule has 4 rings (SSSR count). The second-order valence-electron chi connectivity index (χ2n) is 5.60. The molecule has 1 saturated heterocycles. The van der Waals surface area contributed by atoms with Gasteiger partial charge in [0.1, 0.15) is 6.33 Å². The minimum Gasteiger partial charge on any atom is -0.377 e. The van der Waals surface area contributed by atoms with E-state index in [0.717, 1.165) is 42.4 Å². The molecule has 1 unspecified atom stereocenters. The molecule has 0 aromatic carbocycles. The highest BCUT2D eigenvalue weighted by Crippen LogP contribution is 2.28. The van der Waals surface area contributed by atoms with E-state index in [9.17, 15) is 0 Å². The van der Waals surface area contributed by atoms with Crippen molar-refractivity contribution in [3.63, 3.8) is 0 Å². The Bertz CT molecular complexity index is 807. The Balaban J connectivity index is 1.89. The number of hydrogen-bond donors (Lipinski definition) is 0. The largest absolute Gasteiger partial charge is 0.377 e. The third-order valence-corrected chi connectivity index (χ3v) is 4.14. The lowest BCUT2D eigenvalue weighted by molar-refractivity contribution is 0.0984. The van der Waals surface area contributed by atoms with E-state index in [-0.39, 0.29) is 0 Å². The van der Waals surface area contributed by atoms with Gasteiger partial charge in [0.25, 0.3) is 0 Å². The van der Waals surface area contributed by atoms with Gasteiger partial charge in [-0.15, -0.1) is 5.10 Å². The van der Waals surface area contributed by atoms with Gasteiger partial charge in [0.15, 0.2) is 5.82 Å². The van der Waals surface area contributed by atoms with Gasteiger partial charge in [-0.2, -0.15) is 5.10 Å². The van der Waals surface area contributed by atoms with E-state index in [2.05, 4.69) is 28.0 Å². The first kappa shape index (κ1) is 13.3. The molecule has 7 heteroatoms. The van der Waals surface area contributed by atoms with Crippen molar-refractivity contribution in [2.24, 2.45) is 7.05 Å². The SMILES string of the molecule is CC1COCCN1c1cc(-c2ccnn2C)c2cncn2n1. The smallest absolute Gasteiger partial charge is 0.150 e. The number of nitrogens with zero attached hydrogens (tertiary/aromatic N) is 6. The van der Waals surface area contributed by atoms with Crippen molar-refractivity contribution in [1.29, 1.82) is 0 Å². The number of imidazole rings is 1. The Hall–Kier alpha value is -2.41. The Morgan fingerprint density at radius 3 is 3.05 bits per heavy atom. The van der Waals surface area contributed by atoms with Gasteiger partial charge in [-0.25, -0.2) is 9.50 Å². The van der Waals surface area contributed by atoms with Gasteiger partial charge in [-0.05, 0) is 19.1 Å². The lowest BCUT2D eigenvalue weighted by Crippen LogP contribution is -2.44. The predicted octanol–water partition coefficient (Wildman–Crippen LogP) is 1.35. The molecular weight excluding hydrogens is 280 g/mol. The summed E-state index contributed by atoms with van der Waals surface area (Å²) in [6, 6.07) is 4.44. The standard InChI is InChI=1S/C15H18N6O/c1-11-9-22-6-5-20(11)15-7-12(13-3-4-17-19(13)2)14-8-16-10-21(14)18-15/h3-4,7-8,10-11H,5-6,9H2,1-2H3. The molecule has 114 valence electrons. The van der Waals surface area contributed by atoms with E-state index in [1.165, 1.54) is 0 Å². The minimum absolute atomic E-state index is 0.307. The summed E-state index contributed by atoms with van der Waals surface area (Å²) in [5.41, 5.74) is 3.12. The van der Waals surface area contributed by atoms with Crippen LogP contribution in [0.3, 0.4) is 0 Å². The molecule has 0 aliphatic carbocycles. The molecule has 0 saturated carbocycles. The number of ether oxygens (including phenoxy) is 1. The summed E-state index contributed by atoms with van der Waals surface area (Å²) >= 11 is 0. The number of aromatic nitrogens is 5. The Kier molecular flexibility index (Phi) is 3.07. The quantitative estimate of drug-likeness (QED) is 0.715. The van der Waals surface area contributed by atoms with Gasteiger partial charge in [0.05, 0.1) is 36.7 Å². The highest BCUT2D eigenvalue weighted by atomic mass is 16.5. The van der Waals surface area contributed by atoms with Crippen LogP contribution in [0.15, 0.2) is 30.9 Å². The van der Waals surface area contributed by atoms with Crippen LogP contribution in [-0.4, -0.2) is 50.2 Å². The van der Waals surface area contributed by atoms with Crippen molar-refractivity contribution >= 4 is 11.3 Å². The van der Waals surface area contributed by atoms with E-state index < -0.39 is 0 Å². The Labute approximate surface area is 128 Å². The summed E-state index contributed by atoms with van der Waals surface area (Å²) in [6.07, 6.45) is 5.38. The normalized spacial score (nSPS) is 19.0. The van der Waals surface area contributed by atoms with E-state index in [1.54, 1.807) is 12.5 Å². The molecule has 22 heavy (non-hydrogen) atoms. The molecule has 1 fully saturated rings. The monoisotopic (exact) mass is 298 g/mol. The third-order valence-electron chi connectivity index (χ3n) is 4.14. The Morgan fingerprint density at radius 2 is 2.27 bits per heavy atom. The topological polar surface area (TPSA) is 60.5 Å². The zero-order valence-electron chi connectivity index (χ0n) is 12.7. The number of morpholine rings is 1. The van der Waals surface area contributed by atoms with Crippen molar-refractivity contribution < 1.29 is 4.74 Å². The molecule has 4 heterocycles. The van der Waals surface area contributed by atoms with E-state index in [1.807, 2.05) is 28.5 Å². The molecule has 1 aliphatic heterocycles. The van der Waals surface area contributed by atoms with Crippen molar-refractivity contribution in [3.8, 4) is 11.3 Å². The molecular formula is C15H18N6O. The van der Waals surface area contributed by atoms with E-state index >= 15 is 0 Å². The molecule has 0 spiro atoms. The minimum atomic E-state index is 0.307. The molecule has 0 bridgehead atoms. The molecule has 0 amide bonds. The summed E-state index contributed by atoms with van der Waals surface area (Å²) < 4.78 is 9.23. The van der Waals surface area contributed by atoms with Gasteiger partial charge < -0.3 is 9.64 Å². The average molecular weight is 298 g/mol. The van der Waals surface area contributed by atoms with Crippen LogP contribution in [-0.2, 0) is 11.8 Å². The molecule has 0 N–H and O–H groups in total. The van der Waals surface area contributed by atoms with Crippen molar-refractivity contribution in [2.75, 3.05) is 24.7 Å². The van der Waals surface area contributed by atoms with Crippen LogP contribution in [0.5, 0.6) is 0 Å². The predicted molar refractivity (Wildman–Crippen MR) is 82.8 cm³/mol. The van der Waals surface area contributed by atoms with Gasteiger partial charge >= 0.3 is 0 Å². The first-order chi connectivity index (χ1) is 10.7. The maximum Gasteiger partial charge on any atom is 0.150 e. The molecule has 1 atom stereocenters. The second-order valence-corrected chi connectivity index (χ2v) is 5.60. The fourth-order valence-electron chi connectivity index (χ4n) is 2.95. The summed E-state index contributed by atoms with van der Waals surface area (Å²) in [5.74, 6) is 0.942. The summed E-state index contributed by atoms with van der Waals surface area (Å²) in [4.78, 5) is 6.51. The summed E-state index contributed by atoms with van der Waals surface area (Å²) in [7, 11) is 1.94. The first-order valence-corrected chi connectivity index (χ1v) is 7.40. The third kappa shape index (κ3) is 2.05. The zero-order valence-corrected chi connectivity index (χ0v) is 12.7. The van der Waals surface area contributed by atoms with Gasteiger partial charge in [-0.1, -0.05) is 0 Å². The van der Waals surface area contributed by atoms with E-state index in [4.69, 9.17) is 9.84 Å². The maximum absolute atomic E-state index is 5.52. The fraction of sp³-hybridized carbons (Fsp3) is 0.400. The molecule has 7 nitrogen and oxygen atoms in total. The first-order valence-electron chi connectivity index (χ1n) is 7.40. The van der Waals surface area contributed by atoms with Crippen molar-refractivity contribution in [1.82, 2.24) is 24.4 Å². The molecule has 3 aromatic heterocycles. The Morgan fingerprint density at radius 1 is 1.36 bits per heavy atom. The summed E-state index contributed by atoms with van der Waals surface area (Å²) in [5, 5.41) is 8.98. The van der Waals surface area contributed by atoms with Crippen molar-refractivity contribution in [3.05, 3.63) is 30.9 Å². The number of aryl methyl sites for hydroxylation is 1. The highest BCUT2D eigenvalue weighted by Gasteiger charge is 2.22. The van der Waals surface area contributed by atoms with Crippen LogP contribution in [0.25, 0.3) is 16.8 Å². The van der Waals surface area contributed by atoms with Gasteiger partial charge in [-0.3, -0.25) is 4.68 Å². The van der Waals surface area contributed by atoms with Crippen LogP contribution in [0, 0.1) is 0 Å². The van der Waals surface area contributed by atoms with Crippen LogP contribution in [0.1, 0.15) is 6.92 Å². The molecule has 3 aromatic rings. The fourth-order valence-corrected chi connectivity index (χ4v) is 2.95. The van der Waals surface area contributed by atoms with Crippen LogP contribution < -0.4 is 4.90 Å². The van der Waals surface area contributed by atoms with Crippen LogP contribution >= 0.6 is 0 Å². The summed E-state index contributed by atoms with van der Waals surface area (Å²) in [6.45, 7) is 4.46. The highest BCUT2D eigenvalue weighted by molar-refractivity contribution is 5.79. The van der Waals surface area contributed by atoms with Crippen LogP contribution in [0.4, 0.5) is 5.82 Å². The van der Waals surface area contributed by atoms with Crippen molar-refractivity contribution in [2.45, 2.75) is 13.0 Å². The number of fused-ring (bicyclic) bond motifs is 1. The number of hydrogen-bond acceptors (Lipinski definition) is 5. The second kappa shape index (κ2) is 5.10. The lowest BCUT2D eigenvalue weighted by Gasteiger charge is -2.34. The zero-order chi connectivity index (χ0) is 15.1. The van der Waals surface area contributed by atoms with Gasteiger partial charge in [0.2, 0.25) is 0 Å². The van der Waals surface area contributed by atoms with Gasteiger partial charge in [0, 0.05) is 25.4 Å². The maximum atomic E-state index is 5.52. The molecule has 1 aliphatic rings.